The lowest BCUT2D eigenvalue weighted by Gasteiger charge is -2.18. The summed E-state index contributed by atoms with van der Waals surface area (Å²) in [7, 11) is 1.77. The van der Waals surface area contributed by atoms with Crippen molar-refractivity contribution < 1.29 is 4.79 Å². The Kier molecular flexibility index (Phi) is 6.16. The minimum Gasteiger partial charge on any atom is -0.311 e. The first-order chi connectivity index (χ1) is 9.10. The van der Waals surface area contributed by atoms with Crippen LogP contribution in [0.1, 0.15) is 24.2 Å². The molecule has 0 aromatic heterocycles. The van der Waals surface area contributed by atoms with Gasteiger partial charge in [-0.25, -0.2) is 0 Å². The van der Waals surface area contributed by atoms with Crippen molar-refractivity contribution in [3.63, 3.8) is 0 Å². The van der Waals surface area contributed by atoms with Crippen LogP contribution in [0.15, 0.2) is 65.2 Å². The summed E-state index contributed by atoms with van der Waals surface area (Å²) >= 11 is 4.22. The first kappa shape index (κ1) is 15.3. The van der Waals surface area contributed by atoms with Crippen molar-refractivity contribution >= 4 is 18.5 Å². The van der Waals surface area contributed by atoms with E-state index >= 15 is 0 Å². The highest BCUT2D eigenvalue weighted by molar-refractivity contribution is 7.80. The van der Waals surface area contributed by atoms with E-state index < -0.39 is 0 Å². The molecule has 0 bridgehead atoms. The fourth-order valence-electron chi connectivity index (χ4n) is 1.56. The molecule has 0 aliphatic carbocycles. The van der Waals surface area contributed by atoms with Gasteiger partial charge in [-0.15, -0.1) is 12.6 Å². The highest BCUT2D eigenvalue weighted by Gasteiger charge is 2.13. The molecule has 19 heavy (non-hydrogen) atoms. The van der Waals surface area contributed by atoms with Crippen molar-refractivity contribution in [1.82, 2.24) is 4.90 Å². The number of carbonyl (C=O) groups excluding carboxylic acids is 1. The zero-order valence-electron chi connectivity index (χ0n) is 11.5. The molecule has 100 valence electrons. The Labute approximate surface area is 120 Å². The number of benzene rings is 1. The maximum atomic E-state index is 12.3. The molecule has 1 aromatic rings. The van der Waals surface area contributed by atoms with Crippen molar-refractivity contribution in [2.45, 2.75) is 18.7 Å². The number of carbonyl (C=O) groups is 1. The van der Waals surface area contributed by atoms with Gasteiger partial charge in [-0.3, -0.25) is 4.79 Å². The summed E-state index contributed by atoms with van der Waals surface area (Å²) in [5.41, 5.74) is 1.50. The molecule has 0 radical (unpaired) electrons. The van der Waals surface area contributed by atoms with Crippen LogP contribution in [0, 0.1) is 0 Å². The van der Waals surface area contributed by atoms with Crippen molar-refractivity contribution in [3.8, 4) is 0 Å². The molecule has 2 nitrogen and oxygen atoms in total. The molecule has 0 saturated heterocycles. The number of likely N-dealkylation sites (N-methyl/N-ethyl adjacent to an activating group) is 1. The molecule has 0 spiro atoms. The lowest BCUT2D eigenvalue weighted by molar-refractivity contribution is 0.0840. The molecule has 1 aromatic carbocycles. The molecule has 3 heteroatoms. The molecule has 0 atom stereocenters. The smallest absolute Gasteiger partial charge is 0.258 e. The highest BCUT2D eigenvalue weighted by Crippen LogP contribution is 2.13. The maximum absolute atomic E-state index is 12.3. The Morgan fingerprint density at radius 3 is 2.32 bits per heavy atom. The average Bonchev–Trinajstić information content (AvgIpc) is 2.42. The number of thiol groups is 1. The van der Waals surface area contributed by atoms with E-state index in [4.69, 9.17) is 0 Å². The van der Waals surface area contributed by atoms with Crippen LogP contribution in [0.5, 0.6) is 0 Å². The lowest BCUT2D eigenvalue weighted by atomic mass is 10.2. The molecule has 0 unspecified atom stereocenters. The van der Waals surface area contributed by atoms with E-state index in [1.165, 1.54) is 0 Å². The number of amides is 1. The van der Waals surface area contributed by atoms with Crippen LogP contribution in [0.2, 0.25) is 0 Å². The van der Waals surface area contributed by atoms with Gasteiger partial charge in [-0.2, -0.15) is 0 Å². The predicted molar refractivity (Wildman–Crippen MR) is 83.5 cm³/mol. The standard InChI is InChI=1S/C16H19NOS/c1-4-6-8-14(7-5-2)17(3)16(18)13-9-11-15(19)12-10-13/h4-12,19H,1-3H3/b6-4-,7-5?,14-8+. The summed E-state index contributed by atoms with van der Waals surface area (Å²) in [6.07, 6.45) is 9.57. The third-order valence-electron chi connectivity index (χ3n) is 2.60. The van der Waals surface area contributed by atoms with Gasteiger partial charge >= 0.3 is 0 Å². The average molecular weight is 273 g/mol. The fourth-order valence-corrected chi connectivity index (χ4v) is 1.71. The van der Waals surface area contributed by atoms with Gasteiger partial charge in [-0.05, 0) is 50.3 Å². The predicted octanol–water partition coefficient (Wildman–Crippen LogP) is 4.08. The molecule has 1 rings (SSSR count). The van der Waals surface area contributed by atoms with Gasteiger partial charge < -0.3 is 4.90 Å². The number of hydrogen-bond donors (Lipinski definition) is 1. The van der Waals surface area contributed by atoms with E-state index in [0.717, 1.165) is 10.6 Å². The first-order valence-electron chi connectivity index (χ1n) is 6.13. The third kappa shape index (κ3) is 4.45. The Bertz CT molecular complexity index is 512. The zero-order chi connectivity index (χ0) is 14.3. The van der Waals surface area contributed by atoms with E-state index in [-0.39, 0.29) is 5.91 Å². The number of hydrogen-bond acceptors (Lipinski definition) is 2. The molecule has 0 N–H and O–H groups in total. The Morgan fingerprint density at radius 1 is 1.16 bits per heavy atom. The molecule has 0 aliphatic heterocycles. The second kappa shape index (κ2) is 7.64. The second-order valence-corrected chi connectivity index (χ2v) is 4.54. The van der Waals surface area contributed by atoms with Gasteiger partial charge in [0.15, 0.2) is 0 Å². The van der Waals surface area contributed by atoms with Crippen molar-refractivity contribution in [3.05, 3.63) is 65.9 Å². The van der Waals surface area contributed by atoms with Crippen LogP contribution in [-0.4, -0.2) is 17.9 Å². The summed E-state index contributed by atoms with van der Waals surface area (Å²) in [5, 5.41) is 0. The van der Waals surface area contributed by atoms with Gasteiger partial charge in [0.2, 0.25) is 0 Å². The molecule has 0 heterocycles. The molecule has 1 amide bonds. The number of nitrogens with zero attached hydrogens (tertiary/aromatic N) is 1. The largest absolute Gasteiger partial charge is 0.311 e. The second-order valence-electron chi connectivity index (χ2n) is 4.03. The van der Waals surface area contributed by atoms with E-state index in [2.05, 4.69) is 12.6 Å². The van der Waals surface area contributed by atoms with Crippen LogP contribution in [0.25, 0.3) is 0 Å². The quantitative estimate of drug-likeness (QED) is 0.647. The van der Waals surface area contributed by atoms with Crippen LogP contribution in [0.4, 0.5) is 0 Å². The number of rotatable bonds is 4. The normalized spacial score (nSPS) is 12.3. The van der Waals surface area contributed by atoms with Crippen LogP contribution >= 0.6 is 12.6 Å². The van der Waals surface area contributed by atoms with Crippen molar-refractivity contribution in [2.24, 2.45) is 0 Å². The molecular weight excluding hydrogens is 254 g/mol. The fraction of sp³-hybridized carbons (Fsp3) is 0.188. The SMILES string of the molecule is CC=C/C(=C\C=C/C)N(C)C(=O)c1ccc(S)cc1. The van der Waals surface area contributed by atoms with Crippen LogP contribution < -0.4 is 0 Å². The van der Waals surface area contributed by atoms with Crippen LogP contribution in [-0.2, 0) is 0 Å². The zero-order valence-corrected chi connectivity index (χ0v) is 12.4. The molecule has 0 saturated carbocycles. The van der Waals surface area contributed by atoms with Crippen molar-refractivity contribution in [2.75, 3.05) is 7.05 Å². The summed E-state index contributed by atoms with van der Waals surface area (Å²) in [5.74, 6) is -0.0396. The highest BCUT2D eigenvalue weighted by atomic mass is 32.1. The monoisotopic (exact) mass is 273 g/mol. The Morgan fingerprint density at radius 2 is 1.79 bits per heavy atom. The minimum absolute atomic E-state index is 0.0396. The van der Waals surface area contributed by atoms with Gasteiger partial charge in [0.05, 0.1) is 0 Å². The van der Waals surface area contributed by atoms with Gasteiger partial charge in [0.25, 0.3) is 5.91 Å². The van der Waals surface area contributed by atoms with Gasteiger partial charge in [0.1, 0.15) is 0 Å². The van der Waals surface area contributed by atoms with Crippen LogP contribution in [0.3, 0.4) is 0 Å². The van der Waals surface area contributed by atoms with E-state index in [9.17, 15) is 4.79 Å². The summed E-state index contributed by atoms with van der Waals surface area (Å²) < 4.78 is 0. The maximum Gasteiger partial charge on any atom is 0.258 e. The molecule has 0 aliphatic rings. The summed E-state index contributed by atoms with van der Waals surface area (Å²) in [4.78, 5) is 14.8. The molecule has 0 fully saturated rings. The minimum atomic E-state index is -0.0396. The van der Waals surface area contributed by atoms with Gasteiger partial charge in [0, 0.05) is 23.2 Å². The topological polar surface area (TPSA) is 20.3 Å². The lowest BCUT2D eigenvalue weighted by Crippen LogP contribution is -2.25. The summed E-state index contributed by atoms with van der Waals surface area (Å²) in [6, 6.07) is 7.19. The van der Waals surface area contributed by atoms with E-state index in [1.54, 1.807) is 24.1 Å². The third-order valence-corrected chi connectivity index (χ3v) is 2.90. The number of allylic oxidation sites excluding steroid dienone is 5. The Balaban J connectivity index is 2.99. The van der Waals surface area contributed by atoms with E-state index in [0.29, 0.717) is 5.56 Å². The Hall–Kier alpha value is -1.74. The molecular formula is C16H19NOS. The van der Waals surface area contributed by atoms with E-state index in [1.807, 2.05) is 56.4 Å². The van der Waals surface area contributed by atoms with Crippen molar-refractivity contribution in [1.29, 1.82) is 0 Å². The summed E-state index contributed by atoms with van der Waals surface area (Å²) in [6.45, 7) is 3.87. The van der Waals surface area contributed by atoms with Gasteiger partial charge in [-0.1, -0.05) is 18.2 Å². The first-order valence-corrected chi connectivity index (χ1v) is 6.57.